The monoisotopic (exact) mass is 454 g/mol. The van der Waals surface area contributed by atoms with Crippen LogP contribution in [-0.4, -0.2) is 43.3 Å². The molecule has 2 aromatic carbocycles. The van der Waals surface area contributed by atoms with Crippen molar-refractivity contribution in [2.24, 2.45) is 11.3 Å². The van der Waals surface area contributed by atoms with Crippen LogP contribution in [0.4, 0.5) is 4.79 Å². The number of hydrogen-bond acceptors (Lipinski definition) is 4. The van der Waals surface area contributed by atoms with Gasteiger partial charge in [-0.3, -0.25) is 4.90 Å². The molecule has 2 aromatic rings. The van der Waals surface area contributed by atoms with Gasteiger partial charge >= 0.3 is 6.09 Å². The SMILES string of the molecule is Cc1ccc(-c2ccc3c(c2)OCC(C)(C)C3NC(=O)O[C@@H]2CN3CCC2CC3)cc1Cl. The summed E-state index contributed by atoms with van der Waals surface area (Å²) in [6.07, 6.45) is 1.91. The number of rotatable bonds is 3. The van der Waals surface area contributed by atoms with E-state index in [1.165, 1.54) is 0 Å². The predicted octanol–water partition coefficient (Wildman–Crippen LogP) is 5.60. The number of ether oxygens (including phenoxy) is 2. The minimum absolute atomic E-state index is 0.00594. The second-order valence-electron chi connectivity index (χ2n) is 10.2. The Hall–Kier alpha value is -2.24. The van der Waals surface area contributed by atoms with E-state index in [1.54, 1.807) is 0 Å². The van der Waals surface area contributed by atoms with Crippen LogP contribution in [0, 0.1) is 18.3 Å². The molecule has 4 heterocycles. The highest BCUT2D eigenvalue weighted by Crippen LogP contribution is 2.44. The van der Waals surface area contributed by atoms with Crippen molar-refractivity contribution in [1.82, 2.24) is 10.2 Å². The summed E-state index contributed by atoms with van der Waals surface area (Å²) < 4.78 is 12.0. The normalized spacial score (nSPS) is 27.9. The Balaban J connectivity index is 1.36. The number of aryl methyl sites for hydroxylation is 1. The molecule has 5 nitrogen and oxygen atoms in total. The van der Waals surface area contributed by atoms with Crippen LogP contribution in [-0.2, 0) is 4.74 Å². The molecule has 6 rings (SSSR count). The standard InChI is InChI=1S/C26H31ClN2O3/c1-16-4-5-18(12-21(16)27)19-6-7-20-22(13-19)31-15-26(2,3)24(20)28-25(30)32-23-14-29-10-8-17(23)9-11-29/h4-7,12-13,17,23-24H,8-11,14-15H2,1-3H3,(H,28,30)/t23-,24?/m1/s1. The summed E-state index contributed by atoms with van der Waals surface area (Å²) in [6.45, 7) is 9.85. The number of carbonyl (C=O) groups excluding carboxylic acids is 1. The Labute approximate surface area is 195 Å². The first-order valence-corrected chi connectivity index (χ1v) is 11.9. The number of piperidine rings is 3. The van der Waals surface area contributed by atoms with Crippen LogP contribution in [0.3, 0.4) is 0 Å². The number of amides is 1. The summed E-state index contributed by atoms with van der Waals surface area (Å²) in [5, 5.41) is 3.91. The molecule has 0 aromatic heterocycles. The van der Waals surface area contributed by atoms with E-state index in [4.69, 9.17) is 21.1 Å². The summed E-state index contributed by atoms with van der Waals surface area (Å²) in [4.78, 5) is 15.3. The zero-order chi connectivity index (χ0) is 22.5. The number of alkyl carbamates (subject to hydrolysis) is 1. The van der Waals surface area contributed by atoms with Crippen LogP contribution in [0.15, 0.2) is 36.4 Å². The number of hydrogen-bond donors (Lipinski definition) is 1. The van der Waals surface area contributed by atoms with E-state index in [0.29, 0.717) is 12.5 Å². The van der Waals surface area contributed by atoms with Crippen LogP contribution >= 0.6 is 11.6 Å². The van der Waals surface area contributed by atoms with Gasteiger partial charge < -0.3 is 14.8 Å². The number of benzene rings is 2. The predicted molar refractivity (Wildman–Crippen MR) is 126 cm³/mol. The molecule has 4 aliphatic heterocycles. The molecule has 170 valence electrons. The molecule has 32 heavy (non-hydrogen) atoms. The average molecular weight is 455 g/mol. The number of halogens is 1. The Morgan fingerprint density at radius 2 is 1.88 bits per heavy atom. The lowest BCUT2D eigenvalue weighted by atomic mass is 9.78. The molecule has 0 saturated carbocycles. The second-order valence-corrected chi connectivity index (χ2v) is 10.6. The molecular weight excluding hydrogens is 424 g/mol. The minimum Gasteiger partial charge on any atom is -0.493 e. The molecule has 4 aliphatic rings. The smallest absolute Gasteiger partial charge is 0.407 e. The molecule has 2 atom stereocenters. The van der Waals surface area contributed by atoms with Crippen molar-refractivity contribution < 1.29 is 14.3 Å². The summed E-state index contributed by atoms with van der Waals surface area (Å²) >= 11 is 6.33. The van der Waals surface area contributed by atoms with Gasteiger partial charge in [-0.05, 0) is 67.6 Å². The first-order valence-electron chi connectivity index (χ1n) is 11.5. The fraction of sp³-hybridized carbons (Fsp3) is 0.500. The molecule has 3 fully saturated rings. The van der Waals surface area contributed by atoms with E-state index in [9.17, 15) is 4.79 Å². The van der Waals surface area contributed by atoms with Crippen LogP contribution in [0.1, 0.15) is 43.9 Å². The molecule has 1 amide bonds. The van der Waals surface area contributed by atoms with Crippen molar-refractivity contribution in [3.8, 4) is 16.9 Å². The average Bonchev–Trinajstić information content (AvgIpc) is 2.78. The van der Waals surface area contributed by atoms with E-state index in [0.717, 1.165) is 65.5 Å². The van der Waals surface area contributed by atoms with Crippen LogP contribution in [0.2, 0.25) is 5.02 Å². The quantitative estimate of drug-likeness (QED) is 0.656. The highest BCUT2D eigenvalue weighted by Gasteiger charge is 2.41. The topological polar surface area (TPSA) is 50.8 Å². The summed E-state index contributed by atoms with van der Waals surface area (Å²) in [5.74, 6) is 1.29. The van der Waals surface area contributed by atoms with E-state index in [2.05, 4.69) is 42.3 Å². The third kappa shape index (κ3) is 4.08. The zero-order valence-corrected chi connectivity index (χ0v) is 19.7. The highest BCUT2D eigenvalue weighted by molar-refractivity contribution is 6.31. The Kier molecular flexibility index (Phi) is 5.58. The lowest BCUT2D eigenvalue weighted by molar-refractivity contribution is -0.0361. The van der Waals surface area contributed by atoms with Gasteiger partial charge in [0.1, 0.15) is 11.9 Å². The van der Waals surface area contributed by atoms with Gasteiger partial charge in [-0.25, -0.2) is 4.79 Å². The molecule has 2 bridgehead atoms. The van der Waals surface area contributed by atoms with Crippen molar-refractivity contribution in [2.45, 2.75) is 45.8 Å². The van der Waals surface area contributed by atoms with Crippen molar-refractivity contribution >= 4 is 17.7 Å². The summed E-state index contributed by atoms with van der Waals surface area (Å²) in [6, 6.07) is 12.0. The molecule has 0 aliphatic carbocycles. The minimum atomic E-state index is -0.330. The first-order chi connectivity index (χ1) is 15.3. The fourth-order valence-corrected chi connectivity index (χ4v) is 5.41. The van der Waals surface area contributed by atoms with Gasteiger partial charge in [-0.15, -0.1) is 0 Å². The van der Waals surface area contributed by atoms with Gasteiger partial charge in [-0.2, -0.15) is 0 Å². The zero-order valence-electron chi connectivity index (χ0n) is 19.0. The van der Waals surface area contributed by atoms with E-state index >= 15 is 0 Å². The van der Waals surface area contributed by atoms with Gasteiger partial charge in [0.25, 0.3) is 0 Å². The van der Waals surface area contributed by atoms with Crippen molar-refractivity contribution in [1.29, 1.82) is 0 Å². The van der Waals surface area contributed by atoms with E-state index in [1.807, 2.05) is 25.1 Å². The third-order valence-electron chi connectivity index (χ3n) is 7.33. The fourth-order valence-electron chi connectivity index (χ4n) is 5.22. The van der Waals surface area contributed by atoms with Crippen molar-refractivity contribution in [3.63, 3.8) is 0 Å². The maximum atomic E-state index is 12.9. The van der Waals surface area contributed by atoms with Gasteiger partial charge in [0.15, 0.2) is 0 Å². The van der Waals surface area contributed by atoms with Crippen molar-refractivity contribution in [3.05, 3.63) is 52.5 Å². The lowest BCUT2D eigenvalue weighted by Gasteiger charge is -2.44. The van der Waals surface area contributed by atoms with Crippen LogP contribution in [0.25, 0.3) is 11.1 Å². The second kappa shape index (κ2) is 8.27. The van der Waals surface area contributed by atoms with E-state index in [-0.39, 0.29) is 23.7 Å². The Morgan fingerprint density at radius 1 is 1.16 bits per heavy atom. The number of carbonyl (C=O) groups is 1. The van der Waals surface area contributed by atoms with Gasteiger partial charge in [0, 0.05) is 22.5 Å². The van der Waals surface area contributed by atoms with Gasteiger partial charge in [0.2, 0.25) is 0 Å². The molecule has 6 heteroatoms. The highest BCUT2D eigenvalue weighted by atomic mass is 35.5. The lowest BCUT2D eigenvalue weighted by Crippen LogP contribution is -2.53. The van der Waals surface area contributed by atoms with Gasteiger partial charge in [0.05, 0.1) is 12.6 Å². The molecule has 1 unspecified atom stereocenters. The first kappa shape index (κ1) is 21.6. The third-order valence-corrected chi connectivity index (χ3v) is 7.73. The number of nitrogens with zero attached hydrogens (tertiary/aromatic N) is 1. The maximum Gasteiger partial charge on any atom is 0.407 e. The van der Waals surface area contributed by atoms with Crippen molar-refractivity contribution in [2.75, 3.05) is 26.2 Å². The van der Waals surface area contributed by atoms with E-state index < -0.39 is 0 Å². The van der Waals surface area contributed by atoms with Gasteiger partial charge in [-0.1, -0.05) is 49.7 Å². The largest absolute Gasteiger partial charge is 0.493 e. The molecule has 1 N–H and O–H groups in total. The number of fused-ring (bicyclic) bond motifs is 4. The molecule has 3 saturated heterocycles. The summed E-state index contributed by atoms with van der Waals surface area (Å²) in [7, 11) is 0. The summed E-state index contributed by atoms with van der Waals surface area (Å²) in [5.41, 5.74) is 3.86. The molecular formula is C26H31ClN2O3. The molecule has 0 spiro atoms. The maximum absolute atomic E-state index is 12.9. The van der Waals surface area contributed by atoms with Crippen LogP contribution in [0.5, 0.6) is 5.75 Å². The Bertz CT molecular complexity index is 1030. The Morgan fingerprint density at radius 3 is 2.56 bits per heavy atom. The van der Waals surface area contributed by atoms with Crippen LogP contribution < -0.4 is 10.1 Å². The molecule has 0 radical (unpaired) electrons. The number of nitrogens with one attached hydrogen (secondary N) is 1.